The van der Waals surface area contributed by atoms with Gasteiger partial charge >= 0.3 is 5.97 Å². The lowest BCUT2D eigenvalue weighted by molar-refractivity contribution is -0.144. The number of aryl methyl sites for hydroxylation is 2. The number of methoxy groups -OCH3 is 1. The van der Waals surface area contributed by atoms with Gasteiger partial charge in [0.15, 0.2) is 0 Å². The van der Waals surface area contributed by atoms with Gasteiger partial charge < -0.3 is 19.2 Å². The SMILES string of the molecule is COC(=O)[C@@H](NCc1cccc(OCc2nc(-c3ccc(C)cc3)oc2C)c1)C(C)C. The smallest absolute Gasteiger partial charge is 0.323 e. The molecule has 164 valence electrons. The molecule has 0 unspecified atom stereocenters. The van der Waals surface area contributed by atoms with Crippen molar-refractivity contribution in [3.63, 3.8) is 0 Å². The highest BCUT2D eigenvalue weighted by Gasteiger charge is 2.22. The minimum absolute atomic E-state index is 0.129. The maximum absolute atomic E-state index is 11.9. The summed E-state index contributed by atoms with van der Waals surface area (Å²) < 4.78 is 16.7. The second-order valence-electron chi connectivity index (χ2n) is 7.95. The molecule has 1 aromatic heterocycles. The van der Waals surface area contributed by atoms with Crippen LogP contribution in [-0.2, 0) is 22.7 Å². The molecule has 0 amide bonds. The number of rotatable bonds is 9. The Morgan fingerprint density at radius 3 is 2.55 bits per heavy atom. The molecule has 2 aromatic carbocycles. The second kappa shape index (κ2) is 10.3. The van der Waals surface area contributed by atoms with Crippen LogP contribution in [0.1, 0.15) is 36.4 Å². The molecule has 3 aromatic rings. The van der Waals surface area contributed by atoms with E-state index < -0.39 is 0 Å². The van der Waals surface area contributed by atoms with Crippen molar-refractivity contribution < 1.29 is 18.7 Å². The lowest BCUT2D eigenvalue weighted by Crippen LogP contribution is -2.41. The average Bonchev–Trinajstić information content (AvgIpc) is 3.13. The molecule has 0 fully saturated rings. The number of carbonyl (C=O) groups excluding carboxylic acids is 1. The minimum atomic E-state index is -0.354. The van der Waals surface area contributed by atoms with Crippen LogP contribution in [0.25, 0.3) is 11.5 Å². The summed E-state index contributed by atoms with van der Waals surface area (Å²) in [6.45, 7) is 8.76. The molecular weight excluding hydrogens is 392 g/mol. The van der Waals surface area contributed by atoms with Gasteiger partial charge in [-0.25, -0.2) is 4.98 Å². The number of ether oxygens (including phenoxy) is 2. The summed E-state index contributed by atoms with van der Waals surface area (Å²) in [4.78, 5) is 16.5. The molecule has 0 radical (unpaired) electrons. The summed E-state index contributed by atoms with van der Waals surface area (Å²) >= 11 is 0. The van der Waals surface area contributed by atoms with Crippen LogP contribution in [0.3, 0.4) is 0 Å². The Hall–Kier alpha value is -3.12. The minimum Gasteiger partial charge on any atom is -0.487 e. The van der Waals surface area contributed by atoms with E-state index in [1.165, 1.54) is 12.7 Å². The Morgan fingerprint density at radius 2 is 1.87 bits per heavy atom. The summed E-state index contributed by atoms with van der Waals surface area (Å²) in [7, 11) is 1.41. The average molecular weight is 423 g/mol. The van der Waals surface area contributed by atoms with Gasteiger partial charge in [0.1, 0.15) is 29.9 Å². The Balaban J connectivity index is 1.63. The lowest BCUT2D eigenvalue weighted by atomic mass is 10.0. The molecule has 1 atom stereocenters. The van der Waals surface area contributed by atoms with Gasteiger partial charge in [-0.15, -0.1) is 0 Å². The molecule has 3 rings (SSSR count). The fourth-order valence-electron chi connectivity index (χ4n) is 3.22. The summed E-state index contributed by atoms with van der Waals surface area (Å²) in [5, 5.41) is 3.26. The highest BCUT2D eigenvalue weighted by Crippen LogP contribution is 2.23. The number of oxazole rings is 1. The number of hydrogen-bond donors (Lipinski definition) is 1. The van der Waals surface area contributed by atoms with Crippen LogP contribution in [0.2, 0.25) is 0 Å². The molecule has 1 heterocycles. The van der Waals surface area contributed by atoms with Crippen molar-refractivity contribution in [2.75, 3.05) is 7.11 Å². The van der Waals surface area contributed by atoms with Gasteiger partial charge in [-0.3, -0.25) is 4.79 Å². The summed E-state index contributed by atoms with van der Waals surface area (Å²) in [5.41, 5.74) is 3.92. The molecule has 6 nitrogen and oxygen atoms in total. The lowest BCUT2D eigenvalue weighted by Gasteiger charge is -2.20. The molecular formula is C25H30N2O4. The maximum atomic E-state index is 11.9. The van der Waals surface area contributed by atoms with Gasteiger partial charge in [0.2, 0.25) is 5.89 Å². The molecule has 0 aliphatic heterocycles. The zero-order chi connectivity index (χ0) is 22.4. The largest absolute Gasteiger partial charge is 0.487 e. The van der Waals surface area contributed by atoms with Crippen molar-refractivity contribution in [3.8, 4) is 17.2 Å². The molecule has 0 aliphatic rings. The van der Waals surface area contributed by atoms with E-state index in [2.05, 4.69) is 10.3 Å². The standard InChI is InChI=1S/C25H30N2O4/c1-16(2)23(25(28)29-5)26-14-19-7-6-8-21(13-19)30-15-22-18(4)31-24(27-22)20-11-9-17(3)10-12-20/h6-13,16,23,26H,14-15H2,1-5H3/t23-/m0/s1. The number of benzene rings is 2. The quantitative estimate of drug-likeness (QED) is 0.498. The van der Waals surface area contributed by atoms with Crippen molar-refractivity contribution in [2.24, 2.45) is 5.92 Å². The first kappa shape index (κ1) is 22.6. The first-order chi connectivity index (χ1) is 14.9. The summed E-state index contributed by atoms with van der Waals surface area (Å²) in [5.74, 6) is 1.94. The monoisotopic (exact) mass is 422 g/mol. The Kier molecular flexibility index (Phi) is 7.47. The number of carbonyl (C=O) groups is 1. The predicted molar refractivity (Wildman–Crippen MR) is 120 cm³/mol. The number of aromatic nitrogens is 1. The van der Waals surface area contributed by atoms with Crippen LogP contribution in [0.4, 0.5) is 0 Å². The third-order valence-electron chi connectivity index (χ3n) is 5.11. The predicted octanol–water partition coefficient (Wildman–Crippen LogP) is 4.82. The van der Waals surface area contributed by atoms with E-state index in [-0.39, 0.29) is 17.9 Å². The van der Waals surface area contributed by atoms with E-state index in [0.717, 1.165) is 28.3 Å². The summed E-state index contributed by atoms with van der Waals surface area (Å²) in [6.07, 6.45) is 0. The van der Waals surface area contributed by atoms with Crippen LogP contribution >= 0.6 is 0 Å². The van der Waals surface area contributed by atoms with E-state index in [0.29, 0.717) is 19.0 Å². The zero-order valence-electron chi connectivity index (χ0n) is 18.8. The second-order valence-corrected chi connectivity index (χ2v) is 7.95. The van der Waals surface area contributed by atoms with Crippen LogP contribution in [-0.4, -0.2) is 24.1 Å². The number of hydrogen-bond acceptors (Lipinski definition) is 6. The molecule has 31 heavy (non-hydrogen) atoms. The highest BCUT2D eigenvalue weighted by atomic mass is 16.5. The third kappa shape index (κ3) is 5.95. The van der Waals surface area contributed by atoms with E-state index in [9.17, 15) is 4.79 Å². The van der Waals surface area contributed by atoms with Gasteiger partial charge in [0.25, 0.3) is 0 Å². The Bertz CT molecular complexity index is 1010. The number of nitrogens with one attached hydrogen (secondary N) is 1. The fraction of sp³-hybridized carbons (Fsp3) is 0.360. The normalized spacial score (nSPS) is 12.1. The fourth-order valence-corrected chi connectivity index (χ4v) is 3.22. The highest BCUT2D eigenvalue weighted by molar-refractivity contribution is 5.75. The van der Waals surface area contributed by atoms with E-state index in [4.69, 9.17) is 13.9 Å². The van der Waals surface area contributed by atoms with Crippen molar-refractivity contribution in [3.05, 3.63) is 71.1 Å². The summed E-state index contributed by atoms with van der Waals surface area (Å²) in [6, 6.07) is 15.5. The molecule has 0 aliphatic carbocycles. The zero-order valence-corrected chi connectivity index (χ0v) is 18.8. The van der Waals surface area contributed by atoms with Crippen molar-refractivity contribution in [1.82, 2.24) is 10.3 Å². The van der Waals surface area contributed by atoms with Gasteiger partial charge in [0, 0.05) is 12.1 Å². The van der Waals surface area contributed by atoms with E-state index in [1.54, 1.807) is 0 Å². The van der Waals surface area contributed by atoms with Crippen molar-refractivity contribution in [2.45, 2.75) is 46.9 Å². The Morgan fingerprint density at radius 1 is 1.13 bits per heavy atom. The maximum Gasteiger partial charge on any atom is 0.323 e. The number of nitrogens with zero attached hydrogens (tertiary/aromatic N) is 1. The molecule has 1 N–H and O–H groups in total. The molecule has 0 spiro atoms. The van der Waals surface area contributed by atoms with Crippen molar-refractivity contribution in [1.29, 1.82) is 0 Å². The van der Waals surface area contributed by atoms with Crippen LogP contribution in [0.15, 0.2) is 52.9 Å². The van der Waals surface area contributed by atoms with Crippen LogP contribution < -0.4 is 10.1 Å². The first-order valence-corrected chi connectivity index (χ1v) is 10.4. The molecule has 6 heteroatoms. The van der Waals surface area contributed by atoms with Crippen molar-refractivity contribution >= 4 is 5.97 Å². The topological polar surface area (TPSA) is 73.6 Å². The first-order valence-electron chi connectivity index (χ1n) is 10.4. The van der Waals surface area contributed by atoms with Gasteiger partial charge in [0.05, 0.1) is 7.11 Å². The van der Waals surface area contributed by atoms with E-state index in [1.807, 2.05) is 76.2 Å². The van der Waals surface area contributed by atoms with Gasteiger partial charge in [-0.2, -0.15) is 0 Å². The molecule has 0 bridgehead atoms. The number of esters is 1. The molecule has 0 saturated heterocycles. The van der Waals surface area contributed by atoms with Gasteiger partial charge in [-0.1, -0.05) is 43.7 Å². The van der Waals surface area contributed by atoms with Gasteiger partial charge in [-0.05, 0) is 49.6 Å². The van der Waals surface area contributed by atoms with E-state index >= 15 is 0 Å². The van der Waals surface area contributed by atoms with Crippen LogP contribution in [0.5, 0.6) is 5.75 Å². The third-order valence-corrected chi connectivity index (χ3v) is 5.11. The van der Waals surface area contributed by atoms with Crippen LogP contribution in [0, 0.1) is 19.8 Å². The molecule has 0 saturated carbocycles. The Labute approximate surface area is 183 Å².